The van der Waals surface area contributed by atoms with E-state index < -0.39 is 0 Å². The molecule has 0 aliphatic heterocycles. The molecular weight excluding hydrogens is 270 g/mol. The summed E-state index contributed by atoms with van der Waals surface area (Å²) in [5, 5.41) is 0. The van der Waals surface area contributed by atoms with Crippen molar-refractivity contribution in [3.05, 3.63) is 28.2 Å². The molecule has 16 heavy (non-hydrogen) atoms. The predicted molar refractivity (Wildman–Crippen MR) is 68.9 cm³/mol. The Balaban J connectivity index is 2.63. The number of methoxy groups -OCH3 is 1. The molecule has 0 fully saturated rings. The molecule has 0 saturated heterocycles. The van der Waals surface area contributed by atoms with Gasteiger partial charge in [0.1, 0.15) is 12.4 Å². The van der Waals surface area contributed by atoms with Crippen LogP contribution in [0.4, 0.5) is 0 Å². The molecule has 1 aromatic carbocycles. The maximum absolute atomic E-state index is 5.61. The zero-order chi connectivity index (χ0) is 12.0. The Morgan fingerprint density at radius 1 is 1.44 bits per heavy atom. The van der Waals surface area contributed by atoms with E-state index in [0.717, 1.165) is 16.6 Å². The molecular formula is C12H18BrNO2. The summed E-state index contributed by atoms with van der Waals surface area (Å²) in [5.74, 6) is 0.857. The van der Waals surface area contributed by atoms with Crippen LogP contribution < -0.4 is 10.5 Å². The fraction of sp³-hybridized carbons (Fsp3) is 0.500. The highest BCUT2D eigenvalue weighted by Crippen LogP contribution is 2.23. The van der Waals surface area contributed by atoms with E-state index in [4.69, 9.17) is 15.2 Å². The average Bonchev–Trinajstić information content (AvgIpc) is 2.30. The zero-order valence-corrected chi connectivity index (χ0v) is 11.3. The first-order chi connectivity index (χ1) is 7.67. The fourth-order valence-corrected chi connectivity index (χ4v) is 1.71. The van der Waals surface area contributed by atoms with Crippen molar-refractivity contribution in [3.63, 3.8) is 0 Å². The molecule has 0 aliphatic rings. The maximum Gasteiger partial charge on any atom is 0.119 e. The number of ether oxygens (including phenoxy) is 2. The van der Waals surface area contributed by atoms with Gasteiger partial charge in [-0.25, -0.2) is 0 Å². The summed E-state index contributed by atoms with van der Waals surface area (Å²) in [7, 11) is 1.68. The molecule has 0 saturated carbocycles. The molecule has 0 amide bonds. The molecule has 3 nitrogen and oxygen atoms in total. The number of halogens is 1. The number of nitrogens with two attached hydrogens (primary N) is 1. The van der Waals surface area contributed by atoms with Crippen molar-refractivity contribution in [3.8, 4) is 5.75 Å². The second-order valence-electron chi connectivity index (χ2n) is 3.65. The minimum absolute atomic E-state index is 0.0987. The second-order valence-corrected chi connectivity index (χ2v) is 4.50. The van der Waals surface area contributed by atoms with Crippen molar-refractivity contribution < 1.29 is 9.47 Å². The van der Waals surface area contributed by atoms with Crippen molar-refractivity contribution in [2.24, 2.45) is 5.73 Å². The lowest BCUT2D eigenvalue weighted by Crippen LogP contribution is -2.16. The standard InChI is InChI=1S/C12H18BrNO2/c1-9(15-2)8-16-11-3-4-12(13)10(7-11)5-6-14/h3-4,7,9H,5-6,8,14H2,1-2H3. The molecule has 0 heterocycles. The van der Waals surface area contributed by atoms with Crippen LogP contribution in [0.2, 0.25) is 0 Å². The third kappa shape index (κ3) is 4.12. The first kappa shape index (κ1) is 13.5. The molecule has 0 aliphatic carbocycles. The summed E-state index contributed by atoms with van der Waals surface area (Å²) < 4.78 is 11.8. The monoisotopic (exact) mass is 287 g/mol. The molecule has 4 heteroatoms. The number of hydrogen-bond donors (Lipinski definition) is 1. The first-order valence-corrected chi connectivity index (χ1v) is 6.10. The van der Waals surface area contributed by atoms with E-state index in [1.165, 1.54) is 5.56 Å². The third-order valence-corrected chi connectivity index (χ3v) is 3.09. The van der Waals surface area contributed by atoms with E-state index in [2.05, 4.69) is 15.9 Å². The number of hydrogen-bond acceptors (Lipinski definition) is 3. The highest BCUT2D eigenvalue weighted by Gasteiger charge is 2.04. The van der Waals surface area contributed by atoms with Crippen LogP contribution in [0.3, 0.4) is 0 Å². The van der Waals surface area contributed by atoms with Gasteiger partial charge in [0.15, 0.2) is 0 Å². The van der Waals surface area contributed by atoms with Gasteiger partial charge < -0.3 is 15.2 Å². The Kier molecular flexibility index (Phi) is 5.80. The summed E-state index contributed by atoms with van der Waals surface area (Å²) in [6.07, 6.45) is 0.944. The van der Waals surface area contributed by atoms with E-state index in [1.54, 1.807) is 7.11 Å². The highest BCUT2D eigenvalue weighted by molar-refractivity contribution is 9.10. The average molecular weight is 288 g/mol. The van der Waals surface area contributed by atoms with Crippen LogP contribution in [-0.2, 0) is 11.2 Å². The zero-order valence-electron chi connectivity index (χ0n) is 9.70. The smallest absolute Gasteiger partial charge is 0.119 e. The van der Waals surface area contributed by atoms with E-state index in [1.807, 2.05) is 25.1 Å². The SMILES string of the molecule is COC(C)COc1ccc(Br)c(CCN)c1. The molecule has 1 rings (SSSR count). The second kappa shape index (κ2) is 6.89. The van der Waals surface area contributed by atoms with E-state index in [9.17, 15) is 0 Å². The van der Waals surface area contributed by atoms with Crippen LogP contribution in [0.25, 0.3) is 0 Å². The van der Waals surface area contributed by atoms with Crippen molar-refractivity contribution in [1.82, 2.24) is 0 Å². The van der Waals surface area contributed by atoms with Gasteiger partial charge in [-0.2, -0.15) is 0 Å². The lowest BCUT2D eigenvalue weighted by atomic mass is 10.1. The van der Waals surface area contributed by atoms with Gasteiger partial charge in [-0.3, -0.25) is 0 Å². The lowest BCUT2D eigenvalue weighted by Gasteiger charge is -2.12. The molecule has 1 unspecified atom stereocenters. The van der Waals surface area contributed by atoms with Gasteiger partial charge in [-0.15, -0.1) is 0 Å². The largest absolute Gasteiger partial charge is 0.491 e. The van der Waals surface area contributed by atoms with Crippen molar-refractivity contribution in [2.45, 2.75) is 19.4 Å². The molecule has 0 aromatic heterocycles. The molecule has 1 atom stereocenters. The van der Waals surface area contributed by atoms with Crippen LogP contribution in [0.15, 0.2) is 22.7 Å². The van der Waals surface area contributed by atoms with Gasteiger partial charge in [0.25, 0.3) is 0 Å². The minimum Gasteiger partial charge on any atom is -0.491 e. The molecule has 2 N–H and O–H groups in total. The number of benzene rings is 1. The number of rotatable bonds is 6. The summed E-state index contributed by atoms with van der Waals surface area (Å²) in [4.78, 5) is 0. The van der Waals surface area contributed by atoms with Crippen molar-refractivity contribution >= 4 is 15.9 Å². The summed E-state index contributed by atoms with van der Waals surface area (Å²) in [6, 6.07) is 5.93. The maximum atomic E-state index is 5.61. The Labute approximate surface area is 105 Å². The van der Waals surface area contributed by atoms with Gasteiger partial charge in [-0.1, -0.05) is 15.9 Å². The molecule has 0 radical (unpaired) electrons. The Morgan fingerprint density at radius 3 is 2.81 bits per heavy atom. The van der Waals surface area contributed by atoms with E-state index >= 15 is 0 Å². The molecule has 0 spiro atoms. The first-order valence-electron chi connectivity index (χ1n) is 5.31. The summed E-state index contributed by atoms with van der Waals surface area (Å²) in [5.41, 5.74) is 6.71. The van der Waals surface area contributed by atoms with E-state index in [-0.39, 0.29) is 6.10 Å². The fourth-order valence-electron chi connectivity index (χ4n) is 1.27. The quantitative estimate of drug-likeness (QED) is 0.874. The van der Waals surface area contributed by atoms with Crippen LogP contribution in [-0.4, -0.2) is 26.4 Å². The normalized spacial score (nSPS) is 12.5. The predicted octanol–water partition coefficient (Wildman–Crippen LogP) is 2.36. The Morgan fingerprint density at radius 2 is 2.19 bits per heavy atom. The molecule has 1 aromatic rings. The molecule has 0 bridgehead atoms. The van der Waals surface area contributed by atoms with Gasteiger partial charge in [-0.05, 0) is 43.7 Å². The van der Waals surface area contributed by atoms with Crippen LogP contribution in [0.1, 0.15) is 12.5 Å². The Bertz CT molecular complexity index is 331. The summed E-state index contributed by atoms with van der Waals surface area (Å²) >= 11 is 3.49. The van der Waals surface area contributed by atoms with Crippen molar-refractivity contribution in [1.29, 1.82) is 0 Å². The van der Waals surface area contributed by atoms with Crippen LogP contribution >= 0.6 is 15.9 Å². The van der Waals surface area contributed by atoms with Crippen LogP contribution in [0, 0.1) is 0 Å². The topological polar surface area (TPSA) is 44.5 Å². The highest BCUT2D eigenvalue weighted by atomic mass is 79.9. The van der Waals surface area contributed by atoms with Crippen molar-refractivity contribution in [2.75, 3.05) is 20.3 Å². The van der Waals surface area contributed by atoms with Gasteiger partial charge in [0.2, 0.25) is 0 Å². The lowest BCUT2D eigenvalue weighted by molar-refractivity contribution is 0.0716. The molecule has 90 valence electrons. The summed E-state index contributed by atoms with van der Waals surface area (Å²) in [6.45, 7) is 3.16. The van der Waals surface area contributed by atoms with Crippen LogP contribution in [0.5, 0.6) is 5.75 Å². The third-order valence-electron chi connectivity index (χ3n) is 2.32. The van der Waals surface area contributed by atoms with Gasteiger partial charge in [0, 0.05) is 11.6 Å². The van der Waals surface area contributed by atoms with Gasteiger partial charge in [0.05, 0.1) is 6.10 Å². The van der Waals surface area contributed by atoms with E-state index in [0.29, 0.717) is 13.2 Å². The Hall–Kier alpha value is -0.580. The van der Waals surface area contributed by atoms with Gasteiger partial charge >= 0.3 is 0 Å². The minimum atomic E-state index is 0.0987.